The van der Waals surface area contributed by atoms with Gasteiger partial charge in [-0.25, -0.2) is 14.6 Å². The first-order valence-corrected chi connectivity index (χ1v) is 13.2. The van der Waals surface area contributed by atoms with Crippen molar-refractivity contribution in [3.63, 3.8) is 0 Å². The van der Waals surface area contributed by atoms with Crippen LogP contribution in [0.3, 0.4) is 0 Å². The third-order valence-electron chi connectivity index (χ3n) is 7.14. The quantitative estimate of drug-likeness (QED) is 0.217. The van der Waals surface area contributed by atoms with Gasteiger partial charge in [0.15, 0.2) is 0 Å². The van der Waals surface area contributed by atoms with Gasteiger partial charge in [-0.3, -0.25) is 4.79 Å². The van der Waals surface area contributed by atoms with Crippen molar-refractivity contribution in [2.75, 3.05) is 6.54 Å². The van der Waals surface area contributed by atoms with Crippen molar-refractivity contribution in [3.05, 3.63) is 108 Å². The van der Waals surface area contributed by atoms with Gasteiger partial charge in [0.05, 0.1) is 11.2 Å². The number of H-pyrrole nitrogens is 1. The smallest absolute Gasteiger partial charge is 0.357 e. The van der Waals surface area contributed by atoms with E-state index in [1.165, 1.54) is 0 Å². The maximum atomic E-state index is 13.1. The predicted octanol–water partition coefficient (Wildman–Crippen LogP) is 5.21. The molecule has 1 atom stereocenters. The fourth-order valence-corrected chi connectivity index (χ4v) is 5.15. The number of hydrogen-bond donors (Lipinski definition) is 1. The minimum Gasteiger partial charge on any atom is -0.456 e. The average Bonchev–Trinajstić information content (AvgIpc) is 3.55. The van der Waals surface area contributed by atoms with E-state index in [2.05, 4.69) is 9.97 Å². The summed E-state index contributed by atoms with van der Waals surface area (Å²) in [6.07, 6.45) is 1.01. The topological polar surface area (TPSA) is 102 Å². The minimum atomic E-state index is -0.676. The lowest BCUT2D eigenvalue weighted by molar-refractivity contribution is -0.143. The molecule has 0 aliphatic carbocycles. The van der Waals surface area contributed by atoms with Gasteiger partial charge in [0.25, 0.3) is 0 Å². The van der Waals surface area contributed by atoms with E-state index in [1.54, 1.807) is 35.2 Å². The van der Waals surface area contributed by atoms with Crippen LogP contribution in [-0.2, 0) is 27.4 Å². The van der Waals surface area contributed by atoms with Crippen LogP contribution < -0.4 is 4.74 Å². The van der Waals surface area contributed by atoms with E-state index in [4.69, 9.17) is 9.47 Å². The fourth-order valence-electron chi connectivity index (χ4n) is 5.15. The Bertz CT molecular complexity index is 1700. The van der Waals surface area contributed by atoms with Crippen molar-refractivity contribution in [1.29, 1.82) is 0 Å². The molecule has 1 fully saturated rings. The molecular formula is C32H27N3O5. The van der Waals surface area contributed by atoms with Crippen molar-refractivity contribution < 1.29 is 23.9 Å². The summed E-state index contributed by atoms with van der Waals surface area (Å²) in [4.78, 5) is 48.4. The Kier molecular flexibility index (Phi) is 6.97. The molecule has 0 saturated carbocycles. The van der Waals surface area contributed by atoms with E-state index in [9.17, 15) is 14.4 Å². The van der Waals surface area contributed by atoms with Crippen molar-refractivity contribution in [2.24, 2.45) is 0 Å². The molecule has 6 rings (SSSR count). The molecule has 8 nitrogen and oxygen atoms in total. The molecule has 1 amide bonds. The van der Waals surface area contributed by atoms with Crippen molar-refractivity contribution in [2.45, 2.75) is 31.9 Å². The molecule has 0 bridgehead atoms. The molecule has 1 aliphatic heterocycles. The number of aromatic amines is 1. The number of likely N-dealkylation sites (tertiary alicyclic amines) is 1. The highest BCUT2D eigenvalue weighted by Gasteiger charge is 2.37. The van der Waals surface area contributed by atoms with E-state index in [-0.39, 0.29) is 31.2 Å². The lowest BCUT2D eigenvalue weighted by Crippen LogP contribution is -2.42. The summed E-state index contributed by atoms with van der Waals surface area (Å²) < 4.78 is 11.1. The number of nitrogens with zero attached hydrogens (tertiary/aromatic N) is 2. The lowest BCUT2D eigenvalue weighted by atomic mass is 10.1. The number of ether oxygens (including phenoxy) is 2. The fraction of sp³-hybridized carbons (Fsp3) is 0.188. The van der Waals surface area contributed by atoms with Gasteiger partial charge >= 0.3 is 11.9 Å². The van der Waals surface area contributed by atoms with Gasteiger partial charge in [-0.1, -0.05) is 66.7 Å². The van der Waals surface area contributed by atoms with Gasteiger partial charge in [0.2, 0.25) is 5.91 Å². The highest BCUT2D eigenvalue weighted by molar-refractivity contribution is 6.09. The average molecular weight is 534 g/mol. The van der Waals surface area contributed by atoms with Crippen molar-refractivity contribution in [3.8, 4) is 5.75 Å². The first kappa shape index (κ1) is 25.3. The van der Waals surface area contributed by atoms with Gasteiger partial charge in [0.1, 0.15) is 24.1 Å². The van der Waals surface area contributed by atoms with Crippen molar-refractivity contribution >= 4 is 39.7 Å². The molecule has 5 aromatic rings. The summed E-state index contributed by atoms with van der Waals surface area (Å²) in [7, 11) is 0. The summed E-state index contributed by atoms with van der Waals surface area (Å²) >= 11 is 0. The number of benzene rings is 3. The molecule has 0 radical (unpaired) electrons. The normalized spacial score (nSPS) is 15.1. The summed E-state index contributed by atoms with van der Waals surface area (Å²) in [6, 6.07) is 27.2. The highest BCUT2D eigenvalue weighted by atomic mass is 16.5. The van der Waals surface area contributed by atoms with E-state index in [0.29, 0.717) is 24.3 Å². The van der Waals surface area contributed by atoms with E-state index in [1.807, 2.05) is 60.7 Å². The molecule has 1 unspecified atom stereocenters. The SMILES string of the molecule is O=C(OCc1ccccc1)c1cc2c([nH]c3ccccc32)c(CCN2C(=O)CCC2C(=O)Oc2ccccc2)n1. The third kappa shape index (κ3) is 5.16. The zero-order valence-electron chi connectivity index (χ0n) is 21.7. The predicted molar refractivity (Wildman–Crippen MR) is 150 cm³/mol. The zero-order chi connectivity index (χ0) is 27.5. The van der Waals surface area contributed by atoms with Gasteiger partial charge in [-0.2, -0.15) is 0 Å². The molecule has 1 saturated heterocycles. The molecule has 1 N–H and O–H groups in total. The van der Waals surface area contributed by atoms with Crippen LogP contribution >= 0.6 is 0 Å². The number of esters is 2. The lowest BCUT2D eigenvalue weighted by Gasteiger charge is -2.23. The Hall–Kier alpha value is -4.98. The summed E-state index contributed by atoms with van der Waals surface area (Å²) in [6.45, 7) is 0.392. The van der Waals surface area contributed by atoms with Crippen LogP contribution in [0.2, 0.25) is 0 Å². The molecule has 2 aromatic heterocycles. The number of carbonyl (C=O) groups excluding carboxylic acids is 3. The van der Waals surface area contributed by atoms with E-state index in [0.717, 1.165) is 27.4 Å². The van der Waals surface area contributed by atoms with Gasteiger partial charge in [0, 0.05) is 35.7 Å². The highest BCUT2D eigenvalue weighted by Crippen LogP contribution is 2.29. The minimum absolute atomic E-state index is 0.110. The molecule has 40 heavy (non-hydrogen) atoms. The third-order valence-corrected chi connectivity index (χ3v) is 7.14. The molecule has 1 aliphatic rings. The summed E-state index contributed by atoms with van der Waals surface area (Å²) in [5, 5.41) is 1.81. The summed E-state index contributed by atoms with van der Waals surface area (Å²) in [5.74, 6) is -0.658. The second-order valence-electron chi connectivity index (χ2n) is 9.73. The molecular weight excluding hydrogens is 506 g/mol. The number of amides is 1. The van der Waals surface area contributed by atoms with Gasteiger partial charge in [-0.05, 0) is 36.2 Å². The molecule has 8 heteroatoms. The Morgan fingerprint density at radius 2 is 1.65 bits per heavy atom. The number of para-hydroxylation sites is 2. The largest absolute Gasteiger partial charge is 0.456 e. The second-order valence-corrected chi connectivity index (χ2v) is 9.73. The van der Waals surface area contributed by atoms with E-state index < -0.39 is 18.0 Å². The van der Waals surface area contributed by atoms with Crippen LogP contribution in [0.4, 0.5) is 0 Å². The first-order chi connectivity index (χ1) is 19.6. The molecule has 0 spiro atoms. The van der Waals surface area contributed by atoms with Crippen molar-refractivity contribution in [1.82, 2.24) is 14.9 Å². The maximum absolute atomic E-state index is 13.1. The number of carbonyl (C=O) groups is 3. The van der Waals surface area contributed by atoms with Crippen LogP contribution in [0, 0.1) is 0 Å². The second kappa shape index (κ2) is 11.0. The Balaban J connectivity index is 1.26. The number of nitrogens with one attached hydrogen (secondary N) is 1. The first-order valence-electron chi connectivity index (χ1n) is 13.2. The monoisotopic (exact) mass is 533 g/mol. The number of fused-ring (bicyclic) bond motifs is 3. The van der Waals surface area contributed by atoms with Crippen LogP contribution in [-0.4, -0.2) is 45.3 Å². The summed E-state index contributed by atoms with van der Waals surface area (Å²) in [5.41, 5.74) is 3.39. The Morgan fingerprint density at radius 3 is 2.45 bits per heavy atom. The number of hydrogen-bond acceptors (Lipinski definition) is 6. The molecule has 3 aromatic carbocycles. The van der Waals surface area contributed by atoms with Gasteiger partial charge in [-0.15, -0.1) is 0 Å². The number of rotatable bonds is 8. The zero-order valence-corrected chi connectivity index (χ0v) is 21.7. The maximum Gasteiger partial charge on any atom is 0.357 e. The Labute approximate surface area is 230 Å². The van der Waals surface area contributed by atoms with Crippen LogP contribution in [0.15, 0.2) is 91.0 Å². The Morgan fingerprint density at radius 1 is 0.925 bits per heavy atom. The molecule has 200 valence electrons. The molecule has 3 heterocycles. The standard InChI is InChI=1S/C32H27N3O5/c36-29-16-15-28(32(38)40-22-11-5-2-6-12-22)35(29)18-17-26-30-24(23-13-7-8-14-25(23)34-30)19-27(33-26)31(37)39-20-21-9-3-1-4-10-21/h1-14,19,28,34H,15-18,20H2. The number of pyridine rings is 1. The van der Waals surface area contributed by atoms with Crippen LogP contribution in [0.5, 0.6) is 5.75 Å². The van der Waals surface area contributed by atoms with Gasteiger partial charge < -0.3 is 19.4 Å². The number of aromatic nitrogens is 2. The van der Waals surface area contributed by atoms with Crippen LogP contribution in [0.1, 0.15) is 34.6 Å². The van der Waals surface area contributed by atoms with Crippen LogP contribution in [0.25, 0.3) is 21.8 Å². The van der Waals surface area contributed by atoms with E-state index >= 15 is 0 Å².